The van der Waals surface area contributed by atoms with Gasteiger partial charge >= 0.3 is 5.97 Å². The zero-order valence-corrected chi connectivity index (χ0v) is 20.4. The molecule has 0 aromatic heterocycles. The first-order chi connectivity index (χ1) is 17.4. The molecule has 0 bridgehead atoms. The number of fused-ring (bicyclic) bond motifs is 1. The SMILES string of the molecule is COc1ccc(C=C2Oc3cc(OC(=O)c4cc(OC)c(OC)c(OC)c4)ccc3C2=O)c(OC)c1. The molecule has 0 unspecified atom stereocenters. The Bertz CT molecular complexity index is 1330. The molecule has 0 radical (unpaired) electrons. The number of rotatable bonds is 8. The normalized spacial score (nSPS) is 13.0. The van der Waals surface area contributed by atoms with Crippen molar-refractivity contribution in [3.63, 3.8) is 0 Å². The lowest BCUT2D eigenvalue weighted by atomic mass is 10.1. The molecule has 0 aliphatic carbocycles. The summed E-state index contributed by atoms with van der Waals surface area (Å²) >= 11 is 0. The third-order valence-corrected chi connectivity index (χ3v) is 5.48. The molecule has 1 heterocycles. The van der Waals surface area contributed by atoms with Crippen LogP contribution in [0.5, 0.6) is 40.2 Å². The van der Waals surface area contributed by atoms with Gasteiger partial charge in [0.25, 0.3) is 0 Å². The summed E-state index contributed by atoms with van der Waals surface area (Å²) in [6.07, 6.45) is 1.59. The van der Waals surface area contributed by atoms with Crippen LogP contribution in [0.25, 0.3) is 6.08 Å². The molecule has 1 aliphatic rings. The van der Waals surface area contributed by atoms with E-state index in [9.17, 15) is 9.59 Å². The van der Waals surface area contributed by atoms with Crippen molar-refractivity contribution in [1.82, 2.24) is 0 Å². The second-order valence-corrected chi connectivity index (χ2v) is 7.51. The zero-order valence-electron chi connectivity index (χ0n) is 20.4. The molecule has 0 amide bonds. The van der Waals surface area contributed by atoms with Gasteiger partial charge in [0.2, 0.25) is 11.5 Å². The number of Topliss-reactive ketones (excluding diaryl/α,β-unsaturated/α-hetero) is 1. The van der Waals surface area contributed by atoms with E-state index in [1.54, 1.807) is 37.5 Å². The Morgan fingerprint density at radius 3 is 2.03 bits per heavy atom. The van der Waals surface area contributed by atoms with Crippen LogP contribution in [0.15, 0.2) is 54.3 Å². The van der Waals surface area contributed by atoms with Gasteiger partial charge in [-0.25, -0.2) is 4.79 Å². The number of ether oxygens (including phenoxy) is 7. The Morgan fingerprint density at radius 1 is 0.750 bits per heavy atom. The first-order valence-corrected chi connectivity index (χ1v) is 10.7. The largest absolute Gasteiger partial charge is 0.497 e. The number of carbonyl (C=O) groups excluding carboxylic acids is 2. The Balaban J connectivity index is 1.57. The van der Waals surface area contributed by atoms with Crippen LogP contribution in [0.3, 0.4) is 0 Å². The molecule has 186 valence electrons. The van der Waals surface area contributed by atoms with Gasteiger partial charge in [0.1, 0.15) is 23.0 Å². The molecule has 4 rings (SSSR count). The number of benzene rings is 3. The molecule has 0 N–H and O–H groups in total. The monoisotopic (exact) mass is 492 g/mol. The molecule has 3 aromatic carbocycles. The van der Waals surface area contributed by atoms with Crippen LogP contribution in [-0.2, 0) is 0 Å². The van der Waals surface area contributed by atoms with E-state index in [0.29, 0.717) is 39.9 Å². The van der Waals surface area contributed by atoms with Crippen LogP contribution in [0.4, 0.5) is 0 Å². The van der Waals surface area contributed by atoms with Crippen LogP contribution in [-0.4, -0.2) is 47.3 Å². The number of ketones is 1. The van der Waals surface area contributed by atoms with Crippen molar-refractivity contribution in [3.8, 4) is 40.2 Å². The Hall–Kier alpha value is -4.66. The molecule has 36 heavy (non-hydrogen) atoms. The first-order valence-electron chi connectivity index (χ1n) is 10.7. The maximum atomic E-state index is 12.9. The Labute approximate surface area is 207 Å². The fourth-order valence-electron chi connectivity index (χ4n) is 3.67. The molecule has 9 heteroatoms. The lowest BCUT2D eigenvalue weighted by Crippen LogP contribution is -2.09. The summed E-state index contributed by atoms with van der Waals surface area (Å²) in [5.41, 5.74) is 1.18. The van der Waals surface area contributed by atoms with Crippen molar-refractivity contribution in [2.75, 3.05) is 35.5 Å². The molecule has 9 nitrogen and oxygen atoms in total. The van der Waals surface area contributed by atoms with Crippen molar-refractivity contribution >= 4 is 17.8 Å². The van der Waals surface area contributed by atoms with Crippen molar-refractivity contribution < 1.29 is 42.7 Å². The van der Waals surface area contributed by atoms with E-state index in [2.05, 4.69) is 0 Å². The van der Waals surface area contributed by atoms with E-state index < -0.39 is 5.97 Å². The second kappa shape index (κ2) is 10.3. The van der Waals surface area contributed by atoms with Gasteiger partial charge in [-0.3, -0.25) is 4.79 Å². The van der Waals surface area contributed by atoms with Gasteiger partial charge in [-0.1, -0.05) is 0 Å². The fraction of sp³-hybridized carbons (Fsp3) is 0.185. The smallest absolute Gasteiger partial charge is 0.343 e. The predicted molar refractivity (Wildman–Crippen MR) is 130 cm³/mol. The van der Waals surface area contributed by atoms with E-state index in [1.807, 2.05) is 0 Å². The van der Waals surface area contributed by atoms with Gasteiger partial charge in [-0.2, -0.15) is 0 Å². The van der Waals surface area contributed by atoms with E-state index in [0.717, 1.165) is 0 Å². The summed E-state index contributed by atoms with van der Waals surface area (Å²) in [6.45, 7) is 0. The van der Waals surface area contributed by atoms with Crippen molar-refractivity contribution in [1.29, 1.82) is 0 Å². The van der Waals surface area contributed by atoms with Gasteiger partial charge in [0.15, 0.2) is 17.3 Å². The number of hydrogen-bond acceptors (Lipinski definition) is 9. The number of allylic oxidation sites excluding steroid dienone is 1. The summed E-state index contributed by atoms with van der Waals surface area (Å²) in [5, 5.41) is 0. The van der Waals surface area contributed by atoms with Crippen LogP contribution < -0.4 is 33.2 Å². The summed E-state index contributed by atoms with van der Waals surface area (Å²) in [4.78, 5) is 25.7. The lowest BCUT2D eigenvalue weighted by molar-refractivity contribution is 0.0733. The minimum Gasteiger partial charge on any atom is -0.497 e. The van der Waals surface area contributed by atoms with Gasteiger partial charge in [-0.15, -0.1) is 0 Å². The van der Waals surface area contributed by atoms with Crippen LogP contribution in [0, 0.1) is 0 Å². The number of esters is 1. The molecule has 1 aliphatic heterocycles. The summed E-state index contributed by atoms with van der Waals surface area (Å²) in [6, 6.07) is 12.7. The summed E-state index contributed by atoms with van der Waals surface area (Å²) in [5.74, 6) is 1.75. The highest BCUT2D eigenvalue weighted by molar-refractivity contribution is 6.14. The molecule has 3 aromatic rings. The van der Waals surface area contributed by atoms with Crippen molar-refractivity contribution in [3.05, 3.63) is 71.0 Å². The Kier molecular flexibility index (Phi) is 7.00. The standard InChI is InChI=1S/C27H24O9/c1-30-17-7-6-15(20(13-17)31-2)10-22-25(28)19-9-8-18(14-21(19)36-22)35-27(29)16-11-23(32-3)26(34-5)24(12-16)33-4/h6-14H,1-5H3. The van der Waals surface area contributed by atoms with Gasteiger partial charge in [-0.05, 0) is 42.5 Å². The quantitative estimate of drug-likeness (QED) is 0.254. The van der Waals surface area contributed by atoms with Crippen molar-refractivity contribution in [2.24, 2.45) is 0 Å². The van der Waals surface area contributed by atoms with Crippen molar-refractivity contribution in [2.45, 2.75) is 0 Å². The molecular weight excluding hydrogens is 468 g/mol. The number of carbonyl (C=O) groups is 2. The second-order valence-electron chi connectivity index (χ2n) is 7.51. The third kappa shape index (κ3) is 4.63. The summed E-state index contributed by atoms with van der Waals surface area (Å²) in [7, 11) is 7.45. The van der Waals surface area contributed by atoms with E-state index >= 15 is 0 Å². The van der Waals surface area contributed by atoms with E-state index in [1.165, 1.54) is 52.7 Å². The van der Waals surface area contributed by atoms with E-state index in [-0.39, 0.29) is 28.6 Å². The van der Waals surface area contributed by atoms with Crippen LogP contribution in [0.1, 0.15) is 26.3 Å². The highest BCUT2D eigenvalue weighted by Gasteiger charge is 2.29. The first kappa shape index (κ1) is 24.5. The molecular formula is C27H24O9. The lowest BCUT2D eigenvalue weighted by Gasteiger charge is -2.13. The highest BCUT2D eigenvalue weighted by atomic mass is 16.5. The number of methoxy groups -OCH3 is 5. The van der Waals surface area contributed by atoms with Gasteiger partial charge in [0.05, 0.1) is 46.7 Å². The van der Waals surface area contributed by atoms with Gasteiger partial charge < -0.3 is 33.2 Å². The predicted octanol–water partition coefficient (Wildman–Crippen LogP) is 4.57. The summed E-state index contributed by atoms with van der Waals surface area (Å²) < 4.78 is 37.8. The fourth-order valence-corrected chi connectivity index (χ4v) is 3.67. The third-order valence-electron chi connectivity index (χ3n) is 5.48. The van der Waals surface area contributed by atoms with Crippen LogP contribution in [0.2, 0.25) is 0 Å². The number of hydrogen-bond donors (Lipinski definition) is 0. The highest BCUT2D eigenvalue weighted by Crippen LogP contribution is 2.39. The molecule has 0 spiro atoms. The minimum absolute atomic E-state index is 0.113. The van der Waals surface area contributed by atoms with Gasteiger partial charge in [0, 0.05) is 17.7 Å². The van der Waals surface area contributed by atoms with Crippen LogP contribution >= 0.6 is 0 Å². The topological polar surface area (TPSA) is 98.8 Å². The molecule has 0 saturated carbocycles. The maximum Gasteiger partial charge on any atom is 0.343 e. The molecule has 0 saturated heterocycles. The Morgan fingerprint density at radius 2 is 1.42 bits per heavy atom. The molecule has 0 fully saturated rings. The average molecular weight is 492 g/mol. The van der Waals surface area contributed by atoms with E-state index in [4.69, 9.17) is 33.2 Å². The zero-order chi connectivity index (χ0) is 25.8. The average Bonchev–Trinajstić information content (AvgIpc) is 3.21. The minimum atomic E-state index is -0.655. The molecule has 0 atom stereocenters. The maximum absolute atomic E-state index is 12.9.